The van der Waals surface area contributed by atoms with Crippen LogP contribution in [0.3, 0.4) is 0 Å². The van der Waals surface area contributed by atoms with Crippen molar-refractivity contribution in [3.05, 3.63) is 41.1 Å². The predicted octanol–water partition coefficient (Wildman–Crippen LogP) is 3.68. The Labute approximate surface area is 147 Å². The van der Waals surface area contributed by atoms with Gasteiger partial charge in [0.15, 0.2) is 5.17 Å². The van der Waals surface area contributed by atoms with E-state index in [4.69, 9.17) is 14.5 Å². The maximum absolute atomic E-state index is 12.5. The van der Waals surface area contributed by atoms with Gasteiger partial charge >= 0.3 is 5.97 Å². The molecule has 1 atom stereocenters. The van der Waals surface area contributed by atoms with Crippen molar-refractivity contribution in [3.63, 3.8) is 0 Å². The van der Waals surface area contributed by atoms with E-state index in [1.165, 1.54) is 0 Å². The molecule has 6 heteroatoms. The highest BCUT2D eigenvalue weighted by atomic mass is 32.2. The van der Waals surface area contributed by atoms with Crippen LogP contribution in [0.2, 0.25) is 0 Å². The molecule has 1 aliphatic heterocycles. The number of esters is 1. The van der Waals surface area contributed by atoms with Gasteiger partial charge in [0.05, 0.1) is 18.8 Å². The normalized spacial score (nSPS) is 17.2. The number of rotatable bonds is 6. The monoisotopic (exact) mass is 348 g/mol. The van der Waals surface area contributed by atoms with Crippen LogP contribution in [0.4, 0.5) is 0 Å². The molecule has 0 aromatic heterocycles. The maximum atomic E-state index is 12.5. The molecule has 1 aromatic carbocycles. The Morgan fingerprint density at radius 2 is 2.00 bits per heavy atom. The standard InChI is InChI=1S/C18H24N2O3S/c1-5-22-14-11-9-8-10-13(14)16-15(17(21)23-6-2)12(4)19-18(20-16)24-7-3/h8-11,16H,5-7H2,1-4H3,(H,19,20)/t16-/m0/s1. The number of aliphatic imine (C=N–C) groups is 1. The fraction of sp³-hybridized carbons (Fsp3) is 0.444. The van der Waals surface area contributed by atoms with Crippen LogP contribution in [-0.2, 0) is 9.53 Å². The fourth-order valence-corrected chi connectivity index (χ4v) is 3.23. The summed E-state index contributed by atoms with van der Waals surface area (Å²) in [4.78, 5) is 17.2. The fourth-order valence-electron chi connectivity index (χ4n) is 2.55. The van der Waals surface area contributed by atoms with Crippen molar-refractivity contribution >= 4 is 22.9 Å². The van der Waals surface area contributed by atoms with Crippen LogP contribution in [0.15, 0.2) is 40.5 Å². The summed E-state index contributed by atoms with van der Waals surface area (Å²) in [5, 5.41) is 4.01. The van der Waals surface area contributed by atoms with E-state index in [2.05, 4.69) is 12.2 Å². The summed E-state index contributed by atoms with van der Waals surface area (Å²) in [5.74, 6) is 1.29. The number of para-hydroxylation sites is 1. The van der Waals surface area contributed by atoms with Gasteiger partial charge in [-0.15, -0.1) is 0 Å². The van der Waals surface area contributed by atoms with Crippen molar-refractivity contribution in [2.45, 2.75) is 33.7 Å². The van der Waals surface area contributed by atoms with Crippen molar-refractivity contribution in [1.82, 2.24) is 5.32 Å². The Kier molecular flexibility index (Phi) is 6.73. The molecule has 130 valence electrons. The first-order valence-corrected chi connectivity index (χ1v) is 9.18. The number of nitrogens with one attached hydrogen (secondary N) is 1. The molecule has 0 amide bonds. The summed E-state index contributed by atoms with van der Waals surface area (Å²) in [6, 6.07) is 7.27. The second-order valence-corrected chi connectivity index (χ2v) is 6.38. The minimum Gasteiger partial charge on any atom is -0.494 e. The first-order valence-electron chi connectivity index (χ1n) is 8.19. The lowest BCUT2D eigenvalue weighted by atomic mass is 9.96. The molecule has 0 fully saturated rings. The highest BCUT2D eigenvalue weighted by Crippen LogP contribution is 2.37. The Hall–Kier alpha value is -1.95. The Morgan fingerprint density at radius 3 is 2.67 bits per heavy atom. The summed E-state index contributed by atoms with van der Waals surface area (Å²) in [7, 11) is 0. The average Bonchev–Trinajstić information content (AvgIpc) is 2.55. The van der Waals surface area contributed by atoms with E-state index < -0.39 is 6.04 Å². The molecule has 1 N–H and O–H groups in total. The first kappa shape index (κ1) is 18.4. The number of carbonyl (C=O) groups excluding carboxylic acids is 1. The summed E-state index contributed by atoms with van der Waals surface area (Å²) in [6.45, 7) is 8.57. The number of nitrogens with zero attached hydrogens (tertiary/aromatic N) is 1. The van der Waals surface area contributed by atoms with Gasteiger partial charge in [-0.3, -0.25) is 0 Å². The predicted molar refractivity (Wildman–Crippen MR) is 98.4 cm³/mol. The summed E-state index contributed by atoms with van der Waals surface area (Å²) in [5.41, 5.74) is 2.18. The Balaban J connectivity index is 2.50. The van der Waals surface area contributed by atoms with Gasteiger partial charge < -0.3 is 14.8 Å². The molecule has 1 aliphatic rings. The van der Waals surface area contributed by atoms with Gasteiger partial charge in [0.1, 0.15) is 11.8 Å². The molecule has 0 aliphatic carbocycles. The molecular weight excluding hydrogens is 324 g/mol. The van der Waals surface area contributed by atoms with Crippen molar-refractivity contribution in [1.29, 1.82) is 0 Å². The average molecular weight is 348 g/mol. The van der Waals surface area contributed by atoms with E-state index in [0.29, 0.717) is 18.8 Å². The quantitative estimate of drug-likeness (QED) is 0.795. The number of carbonyl (C=O) groups is 1. The van der Waals surface area contributed by atoms with Crippen molar-refractivity contribution in [3.8, 4) is 5.75 Å². The molecule has 0 saturated carbocycles. The van der Waals surface area contributed by atoms with Crippen molar-refractivity contribution in [2.24, 2.45) is 4.99 Å². The van der Waals surface area contributed by atoms with Crippen LogP contribution in [0.25, 0.3) is 0 Å². The molecule has 5 nitrogen and oxygen atoms in total. The zero-order valence-electron chi connectivity index (χ0n) is 14.6. The highest BCUT2D eigenvalue weighted by Gasteiger charge is 2.32. The largest absolute Gasteiger partial charge is 0.494 e. The molecule has 0 unspecified atom stereocenters. The van der Waals surface area contributed by atoms with Gasteiger partial charge in [0.25, 0.3) is 0 Å². The lowest BCUT2D eigenvalue weighted by molar-refractivity contribution is -0.138. The molecule has 24 heavy (non-hydrogen) atoms. The third kappa shape index (κ3) is 4.12. The van der Waals surface area contributed by atoms with Crippen LogP contribution in [0, 0.1) is 0 Å². The molecular formula is C18H24N2O3S. The number of benzene rings is 1. The van der Waals surface area contributed by atoms with Gasteiger partial charge in [-0.1, -0.05) is 36.9 Å². The van der Waals surface area contributed by atoms with Crippen molar-refractivity contribution < 1.29 is 14.3 Å². The van der Waals surface area contributed by atoms with E-state index in [9.17, 15) is 4.79 Å². The second kappa shape index (κ2) is 8.78. The van der Waals surface area contributed by atoms with Gasteiger partial charge in [-0.2, -0.15) is 0 Å². The molecule has 1 heterocycles. The Bertz CT molecular complexity index is 655. The van der Waals surface area contributed by atoms with Crippen molar-refractivity contribution in [2.75, 3.05) is 19.0 Å². The zero-order valence-corrected chi connectivity index (χ0v) is 15.4. The molecule has 0 saturated heterocycles. The van der Waals surface area contributed by atoms with Gasteiger partial charge in [0, 0.05) is 11.3 Å². The number of ether oxygens (including phenoxy) is 2. The minimum atomic E-state index is -0.429. The summed E-state index contributed by atoms with van der Waals surface area (Å²) in [6.07, 6.45) is 0. The lowest BCUT2D eigenvalue weighted by Gasteiger charge is -2.26. The van der Waals surface area contributed by atoms with E-state index in [1.807, 2.05) is 38.1 Å². The lowest BCUT2D eigenvalue weighted by Crippen LogP contribution is -2.30. The maximum Gasteiger partial charge on any atom is 0.338 e. The third-order valence-corrected chi connectivity index (χ3v) is 4.28. The third-order valence-electron chi connectivity index (χ3n) is 3.51. The van der Waals surface area contributed by atoms with E-state index in [-0.39, 0.29) is 5.97 Å². The van der Waals surface area contributed by atoms with Crippen LogP contribution >= 0.6 is 11.8 Å². The molecule has 0 bridgehead atoms. The van der Waals surface area contributed by atoms with Gasteiger partial charge in [-0.25, -0.2) is 9.79 Å². The van der Waals surface area contributed by atoms with Crippen LogP contribution < -0.4 is 10.1 Å². The summed E-state index contributed by atoms with van der Waals surface area (Å²) < 4.78 is 11.0. The second-order valence-electron chi connectivity index (χ2n) is 5.12. The van der Waals surface area contributed by atoms with Gasteiger partial charge in [-0.05, 0) is 32.6 Å². The SMILES string of the molecule is CCOC(=O)C1=C(C)NC(SCC)=N[C@H]1c1ccccc1OCC. The minimum absolute atomic E-state index is 0.329. The number of thioether (sulfide) groups is 1. The van der Waals surface area contributed by atoms with Crippen LogP contribution in [0.5, 0.6) is 5.75 Å². The zero-order chi connectivity index (χ0) is 17.5. The smallest absolute Gasteiger partial charge is 0.338 e. The molecule has 0 radical (unpaired) electrons. The number of allylic oxidation sites excluding steroid dienone is 1. The van der Waals surface area contributed by atoms with E-state index >= 15 is 0 Å². The van der Waals surface area contributed by atoms with Crippen LogP contribution in [-0.4, -0.2) is 30.1 Å². The molecule has 0 spiro atoms. The summed E-state index contributed by atoms with van der Waals surface area (Å²) >= 11 is 1.61. The molecule has 1 aromatic rings. The van der Waals surface area contributed by atoms with Gasteiger partial charge in [0.2, 0.25) is 0 Å². The number of amidine groups is 1. The number of hydrogen-bond acceptors (Lipinski definition) is 6. The highest BCUT2D eigenvalue weighted by molar-refractivity contribution is 8.13. The van der Waals surface area contributed by atoms with Crippen LogP contribution in [0.1, 0.15) is 39.3 Å². The van der Waals surface area contributed by atoms with E-state index in [1.54, 1.807) is 18.7 Å². The molecule has 2 rings (SSSR count). The first-order chi connectivity index (χ1) is 11.6. The number of hydrogen-bond donors (Lipinski definition) is 1. The van der Waals surface area contributed by atoms with E-state index in [0.717, 1.165) is 27.9 Å². The topological polar surface area (TPSA) is 59.9 Å². The Morgan fingerprint density at radius 1 is 1.25 bits per heavy atom.